The van der Waals surface area contributed by atoms with E-state index in [1.165, 1.54) is 4.68 Å². The second-order valence-electron chi connectivity index (χ2n) is 3.20. The first-order valence-electron chi connectivity index (χ1n) is 4.33. The Morgan fingerprint density at radius 3 is 2.40 bits per heavy atom. The number of nitrogens with two attached hydrogens (primary N) is 1. The predicted octanol–water partition coefficient (Wildman–Crippen LogP) is 0.728. The number of aryl methyl sites for hydroxylation is 2. The fourth-order valence-corrected chi connectivity index (χ4v) is 1.42. The molecule has 2 heterocycles. The fraction of sp³-hybridized carbons (Fsp3) is 0.250. The summed E-state index contributed by atoms with van der Waals surface area (Å²) in [7, 11) is 0. The van der Waals surface area contributed by atoms with E-state index >= 15 is 0 Å². The number of aromatic amines is 1. The second-order valence-corrected chi connectivity index (χ2v) is 3.58. The van der Waals surface area contributed by atoms with Crippen LogP contribution in [0, 0.1) is 18.6 Å². The molecule has 2 aromatic rings. The van der Waals surface area contributed by atoms with E-state index in [9.17, 15) is 0 Å². The zero-order valence-electron chi connectivity index (χ0n) is 8.35. The number of nitrogens with one attached hydrogen (secondary N) is 1. The molecule has 0 unspecified atom stereocenters. The molecule has 15 heavy (non-hydrogen) atoms. The smallest absolute Gasteiger partial charge is 0.218 e. The first-order chi connectivity index (χ1) is 7.08. The van der Waals surface area contributed by atoms with Gasteiger partial charge in [0.1, 0.15) is 0 Å². The van der Waals surface area contributed by atoms with Gasteiger partial charge in [-0.05, 0) is 32.1 Å². The van der Waals surface area contributed by atoms with E-state index in [2.05, 4.69) is 20.2 Å². The van der Waals surface area contributed by atoms with Crippen LogP contribution in [0.2, 0.25) is 0 Å². The summed E-state index contributed by atoms with van der Waals surface area (Å²) in [6, 6.07) is 1.88. The molecular weight excluding hydrogens is 212 g/mol. The zero-order valence-corrected chi connectivity index (χ0v) is 9.17. The van der Waals surface area contributed by atoms with E-state index in [0.717, 1.165) is 11.4 Å². The van der Waals surface area contributed by atoms with Gasteiger partial charge in [0.2, 0.25) is 10.6 Å². The van der Waals surface area contributed by atoms with Crippen molar-refractivity contribution in [3.8, 4) is 11.6 Å². The first kappa shape index (κ1) is 9.78. The summed E-state index contributed by atoms with van der Waals surface area (Å²) in [5.74, 6) is 6.58. The molecule has 2 aromatic heterocycles. The quantitative estimate of drug-likeness (QED) is 0.548. The van der Waals surface area contributed by atoms with Gasteiger partial charge in [-0.2, -0.15) is 0 Å². The van der Waals surface area contributed by atoms with E-state index in [1.807, 2.05) is 19.9 Å². The lowest BCUT2D eigenvalue weighted by molar-refractivity contribution is 0.949. The molecule has 6 nitrogen and oxygen atoms in total. The van der Waals surface area contributed by atoms with Gasteiger partial charge in [-0.1, -0.05) is 0 Å². The number of hydrogen-bond donors (Lipinski definition) is 2. The maximum Gasteiger partial charge on any atom is 0.218 e. The van der Waals surface area contributed by atoms with Crippen LogP contribution in [0.3, 0.4) is 0 Å². The Kier molecular flexibility index (Phi) is 2.24. The minimum Gasteiger partial charge on any atom is -0.335 e. The van der Waals surface area contributed by atoms with Crippen molar-refractivity contribution in [2.45, 2.75) is 13.8 Å². The highest BCUT2D eigenvalue weighted by molar-refractivity contribution is 7.71. The molecular formula is C8H10N6S. The molecule has 0 bridgehead atoms. The summed E-state index contributed by atoms with van der Waals surface area (Å²) in [6.45, 7) is 3.78. The number of nitrogen functional groups attached to an aromatic ring is 1. The molecule has 3 N–H and O–H groups in total. The van der Waals surface area contributed by atoms with E-state index in [-0.39, 0.29) is 0 Å². The Morgan fingerprint density at radius 1 is 1.33 bits per heavy atom. The topological polar surface area (TPSA) is 85.4 Å². The molecule has 2 rings (SSSR count). The third-order valence-corrected chi connectivity index (χ3v) is 2.17. The van der Waals surface area contributed by atoms with Crippen LogP contribution in [-0.2, 0) is 0 Å². The molecule has 0 radical (unpaired) electrons. The number of hydrogen-bond acceptors (Lipinski definition) is 5. The van der Waals surface area contributed by atoms with Crippen molar-refractivity contribution in [1.29, 1.82) is 0 Å². The van der Waals surface area contributed by atoms with Crippen molar-refractivity contribution in [2.24, 2.45) is 0 Å². The summed E-state index contributed by atoms with van der Waals surface area (Å²) >= 11 is 4.90. The monoisotopic (exact) mass is 222 g/mol. The minimum atomic E-state index is 0.341. The van der Waals surface area contributed by atoms with Crippen LogP contribution >= 0.6 is 12.2 Å². The molecule has 0 amide bonds. The molecule has 0 saturated carbocycles. The Balaban J connectivity index is 2.63. The van der Waals surface area contributed by atoms with Gasteiger partial charge in [0.05, 0.1) is 0 Å². The predicted molar refractivity (Wildman–Crippen MR) is 58.1 cm³/mol. The standard InChI is InChI=1S/C8H10N6S/c1-4-3-5(2)11-6(10-4)7-12-13-8(15)14(7)9/h3H,9H2,1-2H3,(H,13,15). The van der Waals surface area contributed by atoms with Crippen molar-refractivity contribution in [1.82, 2.24) is 24.8 Å². The van der Waals surface area contributed by atoms with E-state index < -0.39 is 0 Å². The van der Waals surface area contributed by atoms with Crippen molar-refractivity contribution in [2.75, 3.05) is 5.84 Å². The second kappa shape index (κ2) is 3.43. The van der Waals surface area contributed by atoms with Gasteiger partial charge in [-0.25, -0.2) is 19.7 Å². The van der Waals surface area contributed by atoms with E-state index in [0.29, 0.717) is 16.4 Å². The summed E-state index contributed by atoms with van der Waals surface area (Å²) in [4.78, 5) is 8.48. The highest BCUT2D eigenvalue weighted by atomic mass is 32.1. The van der Waals surface area contributed by atoms with Crippen molar-refractivity contribution >= 4 is 12.2 Å². The zero-order chi connectivity index (χ0) is 11.0. The lowest BCUT2D eigenvalue weighted by atomic mass is 10.3. The Hall–Kier alpha value is -1.76. The maximum absolute atomic E-state index is 5.67. The first-order valence-corrected chi connectivity index (χ1v) is 4.74. The van der Waals surface area contributed by atoms with Crippen LogP contribution in [0.25, 0.3) is 11.6 Å². The summed E-state index contributed by atoms with van der Waals surface area (Å²) in [5, 5.41) is 6.55. The molecule has 7 heteroatoms. The largest absolute Gasteiger partial charge is 0.335 e. The molecule has 0 aliphatic heterocycles. The van der Waals surface area contributed by atoms with Gasteiger partial charge in [-0.15, -0.1) is 5.10 Å². The molecule has 0 atom stereocenters. The van der Waals surface area contributed by atoms with Crippen molar-refractivity contribution in [3.63, 3.8) is 0 Å². The number of aromatic nitrogens is 5. The van der Waals surface area contributed by atoms with E-state index in [1.54, 1.807) is 0 Å². The lowest BCUT2D eigenvalue weighted by Gasteiger charge is -2.01. The summed E-state index contributed by atoms with van der Waals surface area (Å²) in [6.07, 6.45) is 0. The molecule has 0 spiro atoms. The number of H-pyrrole nitrogens is 1. The minimum absolute atomic E-state index is 0.341. The van der Waals surface area contributed by atoms with Gasteiger partial charge in [0.25, 0.3) is 0 Å². The van der Waals surface area contributed by atoms with Gasteiger partial charge >= 0.3 is 0 Å². The fourth-order valence-electron chi connectivity index (χ4n) is 1.29. The molecule has 0 fully saturated rings. The molecule has 0 aromatic carbocycles. The Morgan fingerprint density at radius 2 is 1.93 bits per heavy atom. The normalized spacial score (nSPS) is 10.5. The third kappa shape index (κ3) is 1.73. The molecule has 0 aliphatic carbocycles. The van der Waals surface area contributed by atoms with Gasteiger partial charge in [-0.3, -0.25) is 0 Å². The molecule has 78 valence electrons. The van der Waals surface area contributed by atoms with Crippen LogP contribution in [-0.4, -0.2) is 24.8 Å². The van der Waals surface area contributed by atoms with Gasteiger partial charge in [0, 0.05) is 11.4 Å². The maximum atomic E-state index is 5.67. The average molecular weight is 222 g/mol. The molecule has 0 aliphatic rings. The molecule has 0 saturated heterocycles. The highest BCUT2D eigenvalue weighted by Gasteiger charge is 2.10. The third-order valence-electron chi connectivity index (χ3n) is 1.89. The van der Waals surface area contributed by atoms with Crippen LogP contribution in [0.4, 0.5) is 0 Å². The summed E-state index contributed by atoms with van der Waals surface area (Å²) in [5.41, 5.74) is 1.73. The van der Waals surface area contributed by atoms with Gasteiger partial charge < -0.3 is 5.84 Å². The van der Waals surface area contributed by atoms with E-state index in [4.69, 9.17) is 18.1 Å². The van der Waals surface area contributed by atoms with Crippen LogP contribution in [0.1, 0.15) is 11.4 Å². The number of rotatable bonds is 1. The van der Waals surface area contributed by atoms with Gasteiger partial charge in [0.15, 0.2) is 5.82 Å². The van der Waals surface area contributed by atoms with Crippen LogP contribution < -0.4 is 5.84 Å². The Labute approximate surface area is 91.2 Å². The van der Waals surface area contributed by atoms with Crippen LogP contribution in [0.15, 0.2) is 6.07 Å². The van der Waals surface area contributed by atoms with Crippen molar-refractivity contribution < 1.29 is 0 Å². The van der Waals surface area contributed by atoms with Crippen molar-refractivity contribution in [3.05, 3.63) is 22.2 Å². The summed E-state index contributed by atoms with van der Waals surface area (Å²) < 4.78 is 1.59. The lowest BCUT2D eigenvalue weighted by Crippen LogP contribution is -2.11. The highest BCUT2D eigenvalue weighted by Crippen LogP contribution is 2.11. The van der Waals surface area contributed by atoms with Crippen LogP contribution in [0.5, 0.6) is 0 Å². The Bertz CT molecular complexity index is 534. The SMILES string of the molecule is Cc1cc(C)nc(-c2n[nH]c(=S)n2N)n1. The number of nitrogens with zero attached hydrogens (tertiary/aromatic N) is 4. The average Bonchev–Trinajstić information content (AvgIpc) is 2.46.